The summed E-state index contributed by atoms with van der Waals surface area (Å²) in [5.41, 5.74) is 1.02. The van der Waals surface area contributed by atoms with E-state index in [9.17, 15) is 22.4 Å². The van der Waals surface area contributed by atoms with Crippen LogP contribution in [0.25, 0.3) is 11.3 Å². The molecule has 0 fully saturated rings. The summed E-state index contributed by atoms with van der Waals surface area (Å²) in [7, 11) is 0. The molecule has 5 heterocycles. The van der Waals surface area contributed by atoms with Gasteiger partial charge in [0.25, 0.3) is 5.91 Å². The number of nitrogens with zero attached hydrogens (tertiary/aromatic N) is 2. The van der Waals surface area contributed by atoms with Gasteiger partial charge in [-0.2, -0.15) is 13.2 Å². The van der Waals surface area contributed by atoms with Crippen LogP contribution in [0.15, 0.2) is 34.6 Å². The predicted molar refractivity (Wildman–Crippen MR) is 130 cm³/mol. The van der Waals surface area contributed by atoms with E-state index in [1.54, 1.807) is 6.92 Å². The maximum atomic E-state index is 16.2. The number of halogens is 5. The molecule has 2 bridgehead atoms. The smallest absolute Gasteiger partial charge is 0.417 e. The number of amides is 1. The van der Waals surface area contributed by atoms with Crippen LogP contribution in [-0.4, -0.2) is 34.7 Å². The van der Waals surface area contributed by atoms with Gasteiger partial charge in [0.05, 0.1) is 42.3 Å². The van der Waals surface area contributed by atoms with Crippen LogP contribution in [0.1, 0.15) is 40.6 Å². The average molecular weight is 550 g/mol. The number of hydrogen-bond acceptors (Lipinski definition) is 8. The van der Waals surface area contributed by atoms with Gasteiger partial charge in [-0.3, -0.25) is 4.79 Å². The monoisotopic (exact) mass is 550 g/mol. The fraction of sp³-hybridized carbons (Fsp3) is 0.320. The van der Waals surface area contributed by atoms with Crippen LogP contribution < -0.4 is 26.4 Å². The zero-order valence-electron chi connectivity index (χ0n) is 20.7. The molecule has 2 atom stereocenters. The van der Waals surface area contributed by atoms with Gasteiger partial charge in [-0.1, -0.05) is 5.16 Å². The van der Waals surface area contributed by atoms with Gasteiger partial charge in [0.15, 0.2) is 11.6 Å². The first-order valence-electron chi connectivity index (χ1n) is 11.9. The summed E-state index contributed by atoms with van der Waals surface area (Å²) in [4.78, 5) is 17.4. The molecule has 1 aromatic carbocycles. The molecule has 0 saturated carbocycles. The van der Waals surface area contributed by atoms with E-state index in [4.69, 9.17) is 15.0 Å². The normalized spacial score (nSPS) is 18.9. The molecule has 3 aromatic rings. The second-order valence-corrected chi connectivity index (χ2v) is 9.28. The predicted octanol–water partition coefficient (Wildman–Crippen LogP) is 4.29. The van der Waals surface area contributed by atoms with Crippen molar-refractivity contribution in [2.45, 2.75) is 45.1 Å². The molecule has 0 radical (unpaired) electrons. The van der Waals surface area contributed by atoms with Gasteiger partial charge in [0.2, 0.25) is 5.88 Å². The third kappa shape index (κ3) is 4.93. The van der Waals surface area contributed by atoms with Crippen molar-refractivity contribution in [2.24, 2.45) is 0 Å². The molecule has 1 unspecified atom stereocenters. The quantitative estimate of drug-likeness (QED) is 0.280. The van der Waals surface area contributed by atoms with Gasteiger partial charge in [-0.15, -0.1) is 0 Å². The minimum absolute atomic E-state index is 0.0613. The molecular formula is C25H23F5N6O3. The second kappa shape index (κ2) is 9.75. The van der Waals surface area contributed by atoms with Gasteiger partial charge in [-0.25, -0.2) is 13.8 Å². The summed E-state index contributed by atoms with van der Waals surface area (Å²) in [5.74, 6) is -3.52. The van der Waals surface area contributed by atoms with Crippen LogP contribution in [0.4, 0.5) is 33.3 Å². The first-order valence-corrected chi connectivity index (χ1v) is 11.9. The molecule has 0 saturated heterocycles. The average Bonchev–Trinajstić information content (AvgIpc) is 3.34. The minimum atomic E-state index is -5.08. The first-order chi connectivity index (χ1) is 18.4. The van der Waals surface area contributed by atoms with Crippen molar-refractivity contribution in [1.29, 1.82) is 0 Å². The highest BCUT2D eigenvalue weighted by Gasteiger charge is 2.40. The topological polar surface area (TPSA) is 127 Å². The highest BCUT2D eigenvalue weighted by molar-refractivity contribution is 6.03. The van der Waals surface area contributed by atoms with Crippen molar-refractivity contribution >= 4 is 17.3 Å². The summed E-state index contributed by atoms with van der Waals surface area (Å²) in [6.45, 7) is 2.49. The van der Waals surface area contributed by atoms with Crippen LogP contribution in [0.5, 0.6) is 5.88 Å². The summed E-state index contributed by atoms with van der Waals surface area (Å²) in [6, 6.07) is 2.09. The van der Waals surface area contributed by atoms with Gasteiger partial charge in [0.1, 0.15) is 17.1 Å². The molecule has 0 spiro atoms. The van der Waals surface area contributed by atoms with E-state index < -0.39 is 69.5 Å². The number of aromatic nitrogens is 2. The molecule has 14 heteroatoms. The van der Waals surface area contributed by atoms with Crippen LogP contribution >= 0.6 is 0 Å². The number of hydrogen-bond donors (Lipinski definition) is 4. The lowest BCUT2D eigenvalue weighted by molar-refractivity contribution is -0.137. The van der Waals surface area contributed by atoms with Gasteiger partial charge in [0, 0.05) is 29.8 Å². The Bertz CT molecular complexity index is 1470. The Hall–Kier alpha value is -4.36. The van der Waals surface area contributed by atoms with E-state index in [1.807, 2.05) is 6.08 Å². The molecule has 1 amide bonds. The molecule has 5 N–H and O–H groups in total. The Morgan fingerprint density at radius 3 is 2.67 bits per heavy atom. The van der Waals surface area contributed by atoms with Crippen LogP contribution in [0.2, 0.25) is 0 Å². The number of carbonyl (C=O) groups is 1. The SMILES string of the molecule is Cc1c(F)c(N)cc(-c2nc3c(c(NCc4ccno4)c2F)C(=O)NCC2=CC(C[C@H](C)O3)N2)c1C(F)(F)F. The molecule has 3 aliphatic rings. The van der Waals surface area contributed by atoms with Crippen molar-refractivity contribution in [3.05, 3.63) is 64.2 Å². The molecule has 6 rings (SSSR count). The Kier molecular flexibility index (Phi) is 6.56. The molecule has 3 aliphatic heterocycles. The molecule has 206 valence electrons. The number of benzene rings is 1. The molecule has 9 nitrogen and oxygen atoms in total. The summed E-state index contributed by atoms with van der Waals surface area (Å²) >= 11 is 0. The van der Waals surface area contributed by atoms with Crippen molar-refractivity contribution in [2.75, 3.05) is 17.6 Å². The highest BCUT2D eigenvalue weighted by atomic mass is 19.4. The van der Waals surface area contributed by atoms with E-state index in [2.05, 4.69) is 26.1 Å². The van der Waals surface area contributed by atoms with Gasteiger partial charge in [-0.05, 0) is 31.6 Å². The van der Waals surface area contributed by atoms with Crippen LogP contribution in [0.3, 0.4) is 0 Å². The third-order valence-corrected chi connectivity index (χ3v) is 6.44. The van der Waals surface area contributed by atoms with Crippen molar-refractivity contribution in [3.63, 3.8) is 0 Å². The van der Waals surface area contributed by atoms with Crippen LogP contribution in [-0.2, 0) is 12.7 Å². The van der Waals surface area contributed by atoms with E-state index >= 15 is 4.39 Å². The largest absolute Gasteiger partial charge is 0.474 e. The third-order valence-electron chi connectivity index (χ3n) is 6.44. The number of nitrogens with one attached hydrogen (secondary N) is 3. The van der Waals surface area contributed by atoms with Crippen molar-refractivity contribution < 1.29 is 36.0 Å². The number of nitrogens with two attached hydrogens (primary N) is 1. The molecule has 2 aromatic heterocycles. The summed E-state index contributed by atoms with van der Waals surface area (Å²) in [5, 5.41) is 12.1. The highest BCUT2D eigenvalue weighted by Crippen LogP contribution is 2.44. The Morgan fingerprint density at radius 2 is 2.00 bits per heavy atom. The number of pyridine rings is 1. The van der Waals surface area contributed by atoms with E-state index in [0.717, 1.165) is 12.6 Å². The van der Waals surface area contributed by atoms with Gasteiger partial charge < -0.3 is 30.9 Å². The summed E-state index contributed by atoms with van der Waals surface area (Å²) in [6.07, 6.45) is -1.99. The Morgan fingerprint density at radius 1 is 1.26 bits per heavy atom. The molecular weight excluding hydrogens is 527 g/mol. The molecule has 39 heavy (non-hydrogen) atoms. The lowest BCUT2D eigenvalue weighted by atomic mass is 9.95. The zero-order chi connectivity index (χ0) is 28.1. The Balaban J connectivity index is 1.74. The van der Waals surface area contributed by atoms with Crippen LogP contribution in [0, 0.1) is 18.6 Å². The number of nitrogen functional groups attached to an aromatic ring is 1. The zero-order valence-corrected chi connectivity index (χ0v) is 20.7. The first kappa shape index (κ1) is 26.3. The number of rotatable bonds is 4. The summed E-state index contributed by atoms with van der Waals surface area (Å²) < 4.78 is 84.1. The number of carbonyl (C=O) groups excluding carboxylic acids is 1. The Labute approximate surface area is 218 Å². The maximum Gasteiger partial charge on any atom is 0.417 e. The lowest BCUT2D eigenvalue weighted by Crippen LogP contribution is -2.43. The lowest BCUT2D eigenvalue weighted by Gasteiger charge is -2.30. The number of ether oxygens (including phenoxy) is 1. The number of alkyl halides is 3. The fourth-order valence-corrected chi connectivity index (χ4v) is 4.63. The minimum Gasteiger partial charge on any atom is -0.474 e. The van der Waals surface area contributed by atoms with Crippen molar-refractivity contribution in [1.82, 2.24) is 20.8 Å². The van der Waals surface area contributed by atoms with E-state index in [-0.39, 0.29) is 30.5 Å². The number of anilines is 2. The number of fused-ring (bicyclic) bond motifs is 4. The maximum absolute atomic E-state index is 16.2. The van der Waals surface area contributed by atoms with Gasteiger partial charge >= 0.3 is 6.18 Å². The van der Waals surface area contributed by atoms with Crippen molar-refractivity contribution in [3.8, 4) is 17.1 Å². The standard InChI is InChI=1S/C25H23F5N6O3/c1-10-5-12-6-13(35-12)8-33-23(37)17-22(32-9-14-3-4-34-39-14)20(27)21(36-24(17)38-10)15-7-16(31)19(26)11(2)18(15)25(28,29)30/h3-4,6-7,10,12,35H,5,8-9,31H2,1-2H3,(H,32,36)(H,33,37)/t10-,12?/m0/s1. The second-order valence-electron chi connectivity index (χ2n) is 9.28. The van der Waals surface area contributed by atoms with E-state index in [1.165, 1.54) is 12.3 Å². The van der Waals surface area contributed by atoms with E-state index in [0.29, 0.717) is 12.5 Å². The molecule has 0 aliphatic carbocycles. The fourth-order valence-electron chi connectivity index (χ4n) is 4.63.